The van der Waals surface area contributed by atoms with E-state index in [1.54, 1.807) is 36.4 Å². The maximum absolute atomic E-state index is 12.5. The number of rotatable bonds is 8. The minimum Gasteiger partial charge on any atom is -0.467 e. The molecular weight excluding hydrogens is 398 g/mol. The van der Waals surface area contributed by atoms with Gasteiger partial charge in [0, 0.05) is 12.1 Å². The van der Waals surface area contributed by atoms with Crippen molar-refractivity contribution in [2.45, 2.75) is 25.4 Å². The highest BCUT2D eigenvalue weighted by molar-refractivity contribution is 6.04. The number of carbonyl (C=O) groups is 3. The molecule has 1 aliphatic rings. The van der Waals surface area contributed by atoms with E-state index in [-0.39, 0.29) is 31.2 Å². The van der Waals surface area contributed by atoms with Crippen LogP contribution in [0.25, 0.3) is 0 Å². The number of hydrogen-bond acceptors (Lipinski definition) is 5. The number of ether oxygens (including phenoxy) is 1. The number of para-hydroxylation sites is 1. The number of carbonyl (C=O) groups excluding carboxylic acids is 3. The molecule has 0 saturated carbocycles. The molecule has 0 spiro atoms. The molecule has 2 heterocycles. The van der Waals surface area contributed by atoms with Gasteiger partial charge in [-0.15, -0.1) is 0 Å². The second kappa shape index (κ2) is 9.17. The van der Waals surface area contributed by atoms with Gasteiger partial charge in [-0.2, -0.15) is 0 Å². The van der Waals surface area contributed by atoms with Gasteiger partial charge in [-0.1, -0.05) is 18.2 Å². The van der Waals surface area contributed by atoms with Crippen molar-refractivity contribution in [3.05, 3.63) is 78.8 Å². The summed E-state index contributed by atoms with van der Waals surface area (Å²) in [5.41, 5.74) is 0.617. The molecular formula is C23H21N3O5. The molecule has 2 N–H and O–H groups in total. The Labute approximate surface area is 178 Å². The molecule has 1 aromatic heterocycles. The highest BCUT2D eigenvalue weighted by atomic mass is 16.5. The topological polar surface area (TPSA) is 101 Å². The molecule has 8 nitrogen and oxygen atoms in total. The number of benzene rings is 2. The zero-order chi connectivity index (χ0) is 21.6. The highest BCUT2D eigenvalue weighted by Crippen LogP contribution is 2.23. The van der Waals surface area contributed by atoms with Gasteiger partial charge < -0.3 is 19.8 Å². The molecule has 0 bridgehead atoms. The number of furan rings is 1. The molecule has 31 heavy (non-hydrogen) atoms. The number of amides is 4. The predicted octanol–water partition coefficient (Wildman–Crippen LogP) is 3.91. The highest BCUT2D eigenvalue weighted by Gasteiger charge is 2.38. The predicted molar refractivity (Wildman–Crippen MR) is 112 cm³/mol. The molecule has 2 aromatic carbocycles. The van der Waals surface area contributed by atoms with Gasteiger partial charge in [-0.3, -0.25) is 14.5 Å². The van der Waals surface area contributed by atoms with Gasteiger partial charge in [-0.25, -0.2) is 4.79 Å². The van der Waals surface area contributed by atoms with Gasteiger partial charge in [0.25, 0.3) is 5.91 Å². The lowest BCUT2D eigenvalue weighted by Gasteiger charge is -2.11. The molecule has 1 aliphatic heterocycles. The molecule has 3 aromatic rings. The third-order valence-electron chi connectivity index (χ3n) is 4.78. The van der Waals surface area contributed by atoms with Crippen LogP contribution in [0, 0.1) is 0 Å². The van der Waals surface area contributed by atoms with E-state index in [2.05, 4.69) is 10.6 Å². The van der Waals surface area contributed by atoms with E-state index >= 15 is 0 Å². The Morgan fingerprint density at radius 2 is 1.74 bits per heavy atom. The molecule has 1 fully saturated rings. The lowest BCUT2D eigenvalue weighted by atomic mass is 10.1. The maximum Gasteiger partial charge on any atom is 0.325 e. The van der Waals surface area contributed by atoms with Crippen LogP contribution in [0.5, 0.6) is 11.5 Å². The smallest absolute Gasteiger partial charge is 0.325 e. The van der Waals surface area contributed by atoms with Gasteiger partial charge in [0.05, 0.1) is 12.8 Å². The summed E-state index contributed by atoms with van der Waals surface area (Å²) in [6.07, 6.45) is 1.78. The van der Waals surface area contributed by atoms with Crippen molar-refractivity contribution in [2.75, 3.05) is 5.32 Å². The average molecular weight is 419 g/mol. The number of hydrogen-bond donors (Lipinski definition) is 2. The zero-order valence-electron chi connectivity index (χ0n) is 16.6. The van der Waals surface area contributed by atoms with Crippen LogP contribution in [-0.4, -0.2) is 28.8 Å². The third kappa shape index (κ3) is 5.11. The Hall–Kier alpha value is -4.07. The monoisotopic (exact) mass is 419 g/mol. The molecule has 1 atom stereocenters. The first kappa shape index (κ1) is 20.2. The first-order valence-corrected chi connectivity index (χ1v) is 9.85. The summed E-state index contributed by atoms with van der Waals surface area (Å²) < 4.78 is 10.9. The molecule has 8 heteroatoms. The van der Waals surface area contributed by atoms with Crippen LogP contribution in [0.3, 0.4) is 0 Å². The van der Waals surface area contributed by atoms with Crippen molar-refractivity contribution >= 4 is 23.5 Å². The SMILES string of the molecule is O=C(CC[C@@H]1NC(=O)N(Cc2ccco2)C1=O)Nc1ccc(Oc2ccccc2)cc1. The first-order valence-electron chi connectivity index (χ1n) is 9.85. The summed E-state index contributed by atoms with van der Waals surface area (Å²) in [4.78, 5) is 37.9. The largest absolute Gasteiger partial charge is 0.467 e. The number of imide groups is 1. The van der Waals surface area contributed by atoms with Crippen LogP contribution >= 0.6 is 0 Å². The quantitative estimate of drug-likeness (QED) is 0.539. The van der Waals surface area contributed by atoms with Gasteiger partial charge in [0.1, 0.15) is 23.3 Å². The van der Waals surface area contributed by atoms with Crippen molar-refractivity contribution in [3.8, 4) is 11.5 Å². The van der Waals surface area contributed by atoms with Crippen LogP contribution in [0.15, 0.2) is 77.4 Å². The number of urea groups is 1. The molecule has 1 saturated heterocycles. The van der Waals surface area contributed by atoms with E-state index in [0.29, 0.717) is 17.2 Å². The molecule has 158 valence electrons. The van der Waals surface area contributed by atoms with E-state index in [1.807, 2.05) is 30.3 Å². The Balaban J connectivity index is 1.25. The summed E-state index contributed by atoms with van der Waals surface area (Å²) in [6.45, 7) is 0.0672. The van der Waals surface area contributed by atoms with E-state index in [4.69, 9.17) is 9.15 Å². The average Bonchev–Trinajstić information content (AvgIpc) is 3.38. The van der Waals surface area contributed by atoms with E-state index in [9.17, 15) is 14.4 Å². The lowest BCUT2D eigenvalue weighted by molar-refractivity contribution is -0.128. The summed E-state index contributed by atoms with van der Waals surface area (Å²) in [6, 6.07) is 18.6. The molecule has 4 rings (SSSR count). The van der Waals surface area contributed by atoms with Crippen molar-refractivity contribution in [1.29, 1.82) is 0 Å². The molecule has 0 aliphatic carbocycles. The molecule has 0 unspecified atom stereocenters. The van der Waals surface area contributed by atoms with Crippen LogP contribution in [0.4, 0.5) is 10.5 Å². The summed E-state index contributed by atoms with van der Waals surface area (Å²) >= 11 is 0. The zero-order valence-corrected chi connectivity index (χ0v) is 16.6. The van der Waals surface area contributed by atoms with Crippen molar-refractivity contribution in [2.24, 2.45) is 0 Å². The Bertz CT molecular complexity index is 1050. The van der Waals surface area contributed by atoms with Gasteiger partial charge in [0.15, 0.2) is 0 Å². The second-order valence-electron chi connectivity index (χ2n) is 7.03. The Morgan fingerprint density at radius 1 is 1.00 bits per heavy atom. The summed E-state index contributed by atoms with van der Waals surface area (Å²) in [5.74, 6) is 1.28. The standard InChI is InChI=1S/C23H21N3O5/c27-21(24-16-8-10-18(11-9-16)31-17-5-2-1-3-6-17)13-12-20-22(28)26(23(29)25-20)15-19-7-4-14-30-19/h1-11,14,20H,12-13,15H2,(H,24,27)(H,25,29)/t20-/m0/s1. The Morgan fingerprint density at radius 3 is 2.45 bits per heavy atom. The van der Waals surface area contributed by atoms with Gasteiger partial charge in [-0.05, 0) is 55.0 Å². The Kier molecular flexibility index (Phi) is 5.98. The fourth-order valence-corrected chi connectivity index (χ4v) is 3.21. The van der Waals surface area contributed by atoms with Crippen LogP contribution in [-0.2, 0) is 16.1 Å². The number of nitrogens with zero attached hydrogens (tertiary/aromatic N) is 1. The minimum absolute atomic E-state index is 0.0672. The minimum atomic E-state index is -0.727. The van der Waals surface area contributed by atoms with Gasteiger partial charge in [0.2, 0.25) is 5.91 Å². The van der Waals surface area contributed by atoms with E-state index in [0.717, 1.165) is 10.6 Å². The summed E-state index contributed by atoms with van der Waals surface area (Å²) in [5, 5.41) is 5.40. The van der Waals surface area contributed by atoms with Crippen molar-refractivity contribution < 1.29 is 23.5 Å². The van der Waals surface area contributed by atoms with Crippen molar-refractivity contribution in [1.82, 2.24) is 10.2 Å². The van der Waals surface area contributed by atoms with Crippen LogP contribution in [0.1, 0.15) is 18.6 Å². The normalized spacial score (nSPS) is 15.6. The van der Waals surface area contributed by atoms with Crippen LogP contribution < -0.4 is 15.4 Å². The fraction of sp³-hybridized carbons (Fsp3) is 0.174. The molecule has 4 amide bonds. The first-order chi connectivity index (χ1) is 15.1. The number of anilines is 1. The van der Waals surface area contributed by atoms with E-state index < -0.39 is 12.1 Å². The third-order valence-corrected chi connectivity index (χ3v) is 4.78. The van der Waals surface area contributed by atoms with E-state index in [1.165, 1.54) is 6.26 Å². The van der Waals surface area contributed by atoms with Crippen molar-refractivity contribution in [3.63, 3.8) is 0 Å². The lowest BCUT2D eigenvalue weighted by Crippen LogP contribution is -2.31. The fourth-order valence-electron chi connectivity index (χ4n) is 3.21. The van der Waals surface area contributed by atoms with Gasteiger partial charge >= 0.3 is 6.03 Å². The molecule has 0 radical (unpaired) electrons. The van der Waals surface area contributed by atoms with Crippen LogP contribution in [0.2, 0.25) is 0 Å². The summed E-state index contributed by atoms with van der Waals surface area (Å²) in [7, 11) is 0. The number of nitrogens with one attached hydrogen (secondary N) is 2. The second-order valence-corrected chi connectivity index (χ2v) is 7.03. The maximum atomic E-state index is 12.5.